The van der Waals surface area contributed by atoms with Gasteiger partial charge in [0, 0.05) is 5.56 Å². The number of carbonyl (C=O) groups excluding carboxylic acids is 1. The molecule has 0 saturated heterocycles. The van der Waals surface area contributed by atoms with Crippen molar-refractivity contribution >= 4 is 11.9 Å². The van der Waals surface area contributed by atoms with Gasteiger partial charge in [0.1, 0.15) is 11.5 Å². The van der Waals surface area contributed by atoms with Gasteiger partial charge in [0.25, 0.3) is 5.91 Å². The van der Waals surface area contributed by atoms with Crippen LogP contribution >= 0.6 is 0 Å². The predicted molar refractivity (Wildman–Crippen MR) is 101 cm³/mol. The lowest BCUT2D eigenvalue weighted by molar-refractivity contribution is -0.141. The monoisotopic (exact) mass is 381 g/mol. The maximum absolute atomic E-state index is 12.3. The summed E-state index contributed by atoms with van der Waals surface area (Å²) < 4.78 is 10.9. The fraction of sp³-hybridized carbons (Fsp3) is 0.143. The highest BCUT2D eigenvalue weighted by atomic mass is 16.5. The van der Waals surface area contributed by atoms with Crippen LogP contribution in [0, 0.1) is 0 Å². The van der Waals surface area contributed by atoms with Gasteiger partial charge in [0.2, 0.25) is 0 Å². The normalized spacial score (nSPS) is 11.7. The van der Waals surface area contributed by atoms with Crippen molar-refractivity contribution in [2.45, 2.75) is 12.6 Å². The number of amides is 1. The number of rotatable bonds is 8. The van der Waals surface area contributed by atoms with Crippen LogP contribution in [0.4, 0.5) is 0 Å². The largest absolute Gasteiger partial charge is 0.508 e. The highest BCUT2D eigenvalue weighted by Gasteiger charge is 2.23. The number of carboxylic acid groups (broad SMARTS) is 1. The second kappa shape index (κ2) is 8.88. The SMILES string of the molecule is O=C(NC(COCc1ccccc1)C(=O)O)c1ccc(-c2cccc(O)c2)o1. The zero-order chi connectivity index (χ0) is 19.9. The van der Waals surface area contributed by atoms with Crippen LogP contribution in [0.15, 0.2) is 71.1 Å². The number of phenolic OH excluding ortho intramolecular Hbond substituents is 1. The molecule has 0 aliphatic carbocycles. The minimum absolute atomic E-state index is 0.0346. The second-order valence-corrected chi connectivity index (χ2v) is 6.08. The lowest BCUT2D eigenvalue weighted by Gasteiger charge is -2.14. The molecule has 0 saturated carbocycles. The van der Waals surface area contributed by atoms with Crippen LogP contribution in [-0.4, -0.2) is 34.7 Å². The second-order valence-electron chi connectivity index (χ2n) is 6.08. The van der Waals surface area contributed by atoms with Crippen molar-refractivity contribution in [3.63, 3.8) is 0 Å². The molecule has 0 bridgehead atoms. The molecule has 1 amide bonds. The summed E-state index contributed by atoms with van der Waals surface area (Å²) in [6.45, 7) is 0.0545. The molecule has 28 heavy (non-hydrogen) atoms. The van der Waals surface area contributed by atoms with Gasteiger partial charge in [-0.2, -0.15) is 0 Å². The molecule has 1 unspecified atom stereocenters. The summed E-state index contributed by atoms with van der Waals surface area (Å²) in [6.07, 6.45) is 0. The first kappa shape index (κ1) is 19.2. The first-order valence-electron chi connectivity index (χ1n) is 8.57. The fourth-order valence-electron chi connectivity index (χ4n) is 2.55. The topological polar surface area (TPSA) is 109 Å². The number of phenols is 1. The third-order valence-corrected chi connectivity index (χ3v) is 3.96. The van der Waals surface area contributed by atoms with E-state index in [1.807, 2.05) is 30.3 Å². The summed E-state index contributed by atoms with van der Waals surface area (Å²) in [5.74, 6) is -1.45. The molecule has 1 atom stereocenters. The highest BCUT2D eigenvalue weighted by molar-refractivity contribution is 5.94. The van der Waals surface area contributed by atoms with Crippen molar-refractivity contribution in [1.82, 2.24) is 5.32 Å². The number of aliphatic carboxylic acids is 1. The number of furan rings is 1. The lowest BCUT2D eigenvalue weighted by Crippen LogP contribution is -2.43. The number of hydrogen-bond donors (Lipinski definition) is 3. The van der Waals surface area contributed by atoms with Gasteiger partial charge in [-0.1, -0.05) is 42.5 Å². The molecule has 1 aromatic heterocycles. The van der Waals surface area contributed by atoms with Gasteiger partial charge < -0.3 is 24.7 Å². The van der Waals surface area contributed by atoms with E-state index < -0.39 is 17.9 Å². The van der Waals surface area contributed by atoms with Gasteiger partial charge in [-0.25, -0.2) is 4.79 Å². The Hall–Kier alpha value is -3.58. The molecular formula is C21H19NO6. The molecule has 3 N–H and O–H groups in total. The number of aromatic hydroxyl groups is 1. The zero-order valence-electron chi connectivity index (χ0n) is 14.9. The van der Waals surface area contributed by atoms with E-state index in [0.29, 0.717) is 11.3 Å². The predicted octanol–water partition coefficient (Wildman–Crippen LogP) is 3.05. The smallest absolute Gasteiger partial charge is 0.328 e. The molecule has 0 spiro atoms. The van der Waals surface area contributed by atoms with Crippen molar-refractivity contribution in [2.75, 3.05) is 6.61 Å². The number of carboxylic acids is 1. The van der Waals surface area contributed by atoms with E-state index in [2.05, 4.69) is 5.32 Å². The summed E-state index contributed by atoms with van der Waals surface area (Å²) in [5, 5.41) is 21.3. The average molecular weight is 381 g/mol. The van der Waals surface area contributed by atoms with Crippen LogP contribution in [0.1, 0.15) is 16.1 Å². The minimum atomic E-state index is -1.22. The van der Waals surface area contributed by atoms with Gasteiger partial charge in [-0.3, -0.25) is 4.79 Å². The number of hydrogen-bond acceptors (Lipinski definition) is 5. The summed E-state index contributed by atoms with van der Waals surface area (Å²) in [7, 11) is 0. The lowest BCUT2D eigenvalue weighted by atomic mass is 10.2. The number of nitrogens with one attached hydrogen (secondary N) is 1. The Morgan fingerprint density at radius 1 is 1.04 bits per heavy atom. The van der Waals surface area contributed by atoms with E-state index in [1.54, 1.807) is 18.2 Å². The Labute approximate surface area is 161 Å². The van der Waals surface area contributed by atoms with Crippen LogP contribution in [0.25, 0.3) is 11.3 Å². The molecule has 3 rings (SSSR count). The third kappa shape index (κ3) is 4.99. The highest BCUT2D eigenvalue weighted by Crippen LogP contribution is 2.25. The first-order chi connectivity index (χ1) is 13.5. The van der Waals surface area contributed by atoms with Crippen LogP contribution < -0.4 is 5.32 Å². The van der Waals surface area contributed by atoms with E-state index in [1.165, 1.54) is 18.2 Å². The molecule has 3 aromatic rings. The van der Waals surface area contributed by atoms with Gasteiger partial charge in [-0.05, 0) is 29.8 Å². The van der Waals surface area contributed by atoms with Crippen LogP contribution in [-0.2, 0) is 16.1 Å². The number of benzene rings is 2. The van der Waals surface area contributed by atoms with E-state index >= 15 is 0 Å². The third-order valence-electron chi connectivity index (χ3n) is 3.96. The molecule has 144 valence electrons. The van der Waals surface area contributed by atoms with Gasteiger partial charge in [0.05, 0.1) is 13.2 Å². The Kier molecular flexibility index (Phi) is 6.08. The standard InChI is InChI=1S/C21H19NO6/c23-16-8-4-7-15(11-16)18-9-10-19(28-18)20(24)22-17(21(25)26)13-27-12-14-5-2-1-3-6-14/h1-11,17,23H,12-13H2,(H,22,24)(H,25,26). The summed E-state index contributed by atoms with van der Waals surface area (Å²) in [5.41, 5.74) is 1.50. The zero-order valence-corrected chi connectivity index (χ0v) is 14.9. The van der Waals surface area contributed by atoms with Gasteiger partial charge in [-0.15, -0.1) is 0 Å². The molecule has 7 heteroatoms. The van der Waals surface area contributed by atoms with Crippen molar-refractivity contribution in [1.29, 1.82) is 0 Å². The van der Waals surface area contributed by atoms with Gasteiger partial charge in [0.15, 0.2) is 11.8 Å². The number of ether oxygens (including phenoxy) is 1. The summed E-state index contributed by atoms with van der Waals surface area (Å²) in [6, 6.07) is 17.5. The van der Waals surface area contributed by atoms with Crippen LogP contribution in [0.5, 0.6) is 5.75 Å². The fourth-order valence-corrected chi connectivity index (χ4v) is 2.55. The van der Waals surface area contributed by atoms with Crippen LogP contribution in [0.3, 0.4) is 0 Å². The Balaban J connectivity index is 1.60. The van der Waals surface area contributed by atoms with Crippen molar-refractivity contribution in [2.24, 2.45) is 0 Å². The first-order valence-corrected chi connectivity index (χ1v) is 8.57. The van der Waals surface area contributed by atoms with E-state index in [9.17, 15) is 19.8 Å². The quantitative estimate of drug-likeness (QED) is 0.553. The molecule has 0 fully saturated rings. The number of carbonyl (C=O) groups is 2. The minimum Gasteiger partial charge on any atom is -0.508 e. The van der Waals surface area contributed by atoms with E-state index in [0.717, 1.165) is 5.56 Å². The average Bonchev–Trinajstić information content (AvgIpc) is 3.18. The van der Waals surface area contributed by atoms with Gasteiger partial charge >= 0.3 is 5.97 Å². The maximum Gasteiger partial charge on any atom is 0.328 e. The Morgan fingerprint density at radius 3 is 2.54 bits per heavy atom. The Bertz CT molecular complexity index is 950. The van der Waals surface area contributed by atoms with Crippen LogP contribution in [0.2, 0.25) is 0 Å². The van der Waals surface area contributed by atoms with Crippen molar-refractivity contribution in [3.05, 3.63) is 78.1 Å². The maximum atomic E-state index is 12.3. The van der Waals surface area contributed by atoms with E-state index in [4.69, 9.17) is 9.15 Å². The molecule has 1 heterocycles. The molecule has 0 aliphatic heterocycles. The Morgan fingerprint density at radius 2 is 1.82 bits per heavy atom. The summed E-state index contributed by atoms with van der Waals surface area (Å²) in [4.78, 5) is 23.8. The summed E-state index contributed by atoms with van der Waals surface area (Å²) >= 11 is 0. The van der Waals surface area contributed by atoms with E-state index in [-0.39, 0.29) is 24.7 Å². The molecule has 2 aromatic carbocycles. The van der Waals surface area contributed by atoms with Crippen molar-refractivity contribution in [3.8, 4) is 17.1 Å². The molecular weight excluding hydrogens is 362 g/mol. The molecule has 7 nitrogen and oxygen atoms in total. The van der Waals surface area contributed by atoms with Crippen molar-refractivity contribution < 1.29 is 29.0 Å². The molecule has 0 radical (unpaired) electrons. The molecule has 0 aliphatic rings.